The third-order valence-electron chi connectivity index (χ3n) is 5.93. The van der Waals surface area contributed by atoms with Gasteiger partial charge in [0.25, 0.3) is 0 Å². The molecule has 3 aliphatic rings. The number of ether oxygens (including phenoxy) is 1. The Labute approximate surface area is 126 Å². The maximum absolute atomic E-state index is 13.2. The predicted octanol–water partition coefficient (Wildman–Crippen LogP) is 4.03. The lowest BCUT2D eigenvalue weighted by Gasteiger charge is -2.38. The first kappa shape index (κ1) is 13.5. The first-order valence-corrected chi connectivity index (χ1v) is 8.48. The molecule has 2 saturated carbocycles. The van der Waals surface area contributed by atoms with E-state index in [1.165, 1.54) is 18.4 Å². The number of benzene rings is 1. The standard InChI is InChI=1S/C19H24O2/c20-17(19(11-12-19)16-6-2-1-3-7-16)15-8-13-21-18(14-15)9-4-5-10-18/h1-3,6-7,15H,4-5,8-14H2. The van der Waals surface area contributed by atoms with Crippen LogP contribution in [0, 0.1) is 5.92 Å². The van der Waals surface area contributed by atoms with E-state index in [1.54, 1.807) is 0 Å². The van der Waals surface area contributed by atoms with Gasteiger partial charge in [0.1, 0.15) is 5.78 Å². The molecule has 112 valence electrons. The molecule has 2 nitrogen and oxygen atoms in total. The zero-order valence-electron chi connectivity index (χ0n) is 12.6. The van der Waals surface area contributed by atoms with Gasteiger partial charge in [-0.05, 0) is 44.1 Å². The third-order valence-corrected chi connectivity index (χ3v) is 5.93. The van der Waals surface area contributed by atoms with E-state index in [-0.39, 0.29) is 16.9 Å². The normalized spacial score (nSPS) is 29.4. The number of rotatable bonds is 3. The molecule has 1 aromatic carbocycles. The summed E-state index contributed by atoms with van der Waals surface area (Å²) < 4.78 is 6.09. The van der Waals surface area contributed by atoms with Gasteiger partial charge < -0.3 is 4.74 Å². The molecule has 0 amide bonds. The van der Waals surface area contributed by atoms with Crippen LogP contribution in [0.1, 0.15) is 56.9 Å². The number of hydrogen-bond donors (Lipinski definition) is 0. The molecule has 1 aromatic rings. The number of carbonyl (C=O) groups is 1. The summed E-state index contributed by atoms with van der Waals surface area (Å²) in [5.74, 6) is 0.725. The molecule has 1 unspecified atom stereocenters. The topological polar surface area (TPSA) is 26.3 Å². The predicted molar refractivity (Wildman–Crippen MR) is 82.2 cm³/mol. The summed E-state index contributed by atoms with van der Waals surface area (Å²) in [6.07, 6.45) is 8.84. The van der Waals surface area contributed by atoms with Gasteiger partial charge in [-0.2, -0.15) is 0 Å². The van der Waals surface area contributed by atoms with Crippen molar-refractivity contribution in [3.8, 4) is 0 Å². The van der Waals surface area contributed by atoms with Gasteiger partial charge in [0.2, 0.25) is 0 Å². The van der Waals surface area contributed by atoms with Crippen molar-refractivity contribution in [2.75, 3.05) is 6.61 Å². The number of carbonyl (C=O) groups excluding carboxylic acids is 1. The van der Waals surface area contributed by atoms with Gasteiger partial charge in [0.15, 0.2) is 0 Å². The molecule has 0 radical (unpaired) electrons. The average Bonchev–Trinajstić information content (AvgIpc) is 3.24. The van der Waals surface area contributed by atoms with Gasteiger partial charge in [0.05, 0.1) is 11.0 Å². The fraction of sp³-hybridized carbons (Fsp3) is 0.632. The minimum Gasteiger partial charge on any atom is -0.375 e. The summed E-state index contributed by atoms with van der Waals surface area (Å²) in [4.78, 5) is 13.2. The molecule has 21 heavy (non-hydrogen) atoms. The van der Waals surface area contributed by atoms with Crippen LogP contribution in [0.2, 0.25) is 0 Å². The van der Waals surface area contributed by atoms with Crippen molar-refractivity contribution in [1.82, 2.24) is 0 Å². The number of hydrogen-bond acceptors (Lipinski definition) is 2. The van der Waals surface area contributed by atoms with E-state index in [1.807, 2.05) is 6.07 Å². The summed E-state index contributed by atoms with van der Waals surface area (Å²) in [5, 5.41) is 0. The molecule has 4 rings (SSSR count). The van der Waals surface area contributed by atoms with Gasteiger partial charge in [-0.25, -0.2) is 0 Å². The number of Topliss-reactive ketones (excluding diaryl/α,β-unsaturated/α-hetero) is 1. The van der Waals surface area contributed by atoms with Crippen molar-refractivity contribution >= 4 is 5.78 Å². The third kappa shape index (κ3) is 2.24. The van der Waals surface area contributed by atoms with Crippen LogP contribution in [-0.4, -0.2) is 18.0 Å². The van der Waals surface area contributed by atoms with E-state index in [2.05, 4.69) is 24.3 Å². The SMILES string of the molecule is O=C(C1CCOC2(CCCC2)C1)C1(c2ccccc2)CC1. The average molecular weight is 284 g/mol. The summed E-state index contributed by atoms with van der Waals surface area (Å²) >= 11 is 0. The smallest absolute Gasteiger partial charge is 0.146 e. The van der Waals surface area contributed by atoms with Crippen LogP contribution in [0.4, 0.5) is 0 Å². The highest BCUT2D eigenvalue weighted by Crippen LogP contribution is 2.53. The highest BCUT2D eigenvalue weighted by Gasteiger charge is 2.54. The van der Waals surface area contributed by atoms with Gasteiger partial charge in [-0.15, -0.1) is 0 Å². The lowest BCUT2D eigenvalue weighted by atomic mass is 9.76. The molecule has 1 saturated heterocycles. The largest absolute Gasteiger partial charge is 0.375 e. The molecule has 0 bridgehead atoms. The lowest BCUT2D eigenvalue weighted by Crippen LogP contribution is -2.42. The Balaban J connectivity index is 1.55. The zero-order valence-corrected chi connectivity index (χ0v) is 12.6. The van der Waals surface area contributed by atoms with Crippen LogP contribution in [0.5, 0.6) is 0 Å². The van der Waals surface area contributed by atoms with E-state index in [0.29, 0.717) is 5.78 Å². The highest BCUT2D eigenvalue weighted by molar-refractivity contribution is 5.95. The summed E-state index contributed by atoms with van der Waals surface area (Å²) in [6, 6.07) is 10.4. The Morgan fingerprint density at radius 2 is 1.76 bits per heavy atom. The monoisotopic (exact) mass is 284 g/mol. The van der Waals surface area contributed by atoms with Crippen LogP contribution in [0.3, 0.4) is 0 Å². The lowest BCUT2D eigenvalue weighted by molar-refractivity contribution is -0.138. The Bertz CT molecular complexity index is 524. The molecule has 2 aliphatic carbocycles. The van der Waals surface area contributed by atoms with Crippen molar-refractivity contribution in [3.05, 3.63) is 35.9 Å². The van der Waals surface area contributed by atoms with Crippen LogP contribution < -0.4 is 0 Å². The van der Waals surface area contributed by atoms with Gasteiger partial charge >= 0.3 is 0 Å². The second-order valence-electron chi connectivity index (χ2n) is 7.24. The fourth-order valence-corrected chi connectivity index (χ4v) is 4.57. The molecule has 1 aliphatic heterocycles. The second kappa shape index (κ2) is 4.95. The van der Waals surface area contributed by atoms with E-state index in [9.17, 15) is 4.79 Å². The molecule has 0 N–H and O–H groups in total. The second-order valence-corrected chi connectivity index (χ2v) is 7.24. The van der Waals surface area contributed by atoms with Crippen LogP contribution in [-0.2, 0) is 14.9 Å². The molecular formula is C19H24O2. The maximum atomic E-state index is 13.2. The quantitative estimate of drug-likeness (QED) is 0.837. The van der Waals surface area contributed by atoms with E-state index in [4.69, 9.17) is 4.74 Å². The summed E-state index contributed by atoms with van der Waals surface area (Å²) in [6.45, 7) is 0.779. The van der Waals surface area contributed by atoms with Crippen molar-refractivity contribution in [3.63, 3.8) is 0 Å². The van der Waals surface area contributed by atoms with Gasteiger partial charge in [-0.1, -0.05) is 43.2 Å². The Kier molecular flexibility index (Phi) is 3.18. The molecule has 1 spiro atoms. The highest BCUT2D eigenvalue weighted by atomic mass is 16.5. The molecular weight excluding hydrogens is 260 g/mol. The van der Waals surface area contributed by atoms with Crippen LogP contribution in [0.25, 0.3) is 0 Å². The zero-order chi connectivity index (χ0) is 14.3. The summed E-state index contributed by atoms with van der Waals surface area (Å²) in [5.41, 5.74) is 1.14. The fourth-order valence-electron chi connectivity index (χ4n) is 4.57. The van der Waals surface area contributed by atoms with E-state index in [0.717, 1.165) is 45.1 Å². The molecule has 1 heterocycles. The van der Waals surface area contributed by atoms with E-state index < -0.39 is 0 Å². The van der Waals surface area contributed by atoms with Crippen molar-refractivity contribution in [2.24, 2.45) is 5.92 Å². The Morgan fingerprint density at radius 3 is 2.43 bits per heavy atom. The molecule has 3 fully saturated rings. The van der Waals surface area contributed by atoms with Gasteiger partial charge in [0, 0.05) is 12.5 Å². The van der Waals surface area contributed by atoms with Crippen molar-refractivity contribution in [2.45, 2.75) is 62.4 Å². The first-order chi connectivity index (χ1) is 10.2. The van der Waals surface area contributed by atoms with Crippen LogP contribution in [0.15, 0.2) is 30.3 Å². The van der Waals surface area contributed by atoms with Gasteiger partial charge in [-0.3, -0.25) is 4.79 Å². The molecule has 0 aromatic heterocycles. The van der Waals surface area contributed by atoms with Crippen molar-refractivity contribution < 1.29 is 9.53 Å². The minimum atomic E-state index is -0.150. The van der Waals surface area contributed by atoms with Crippen LogP contribution >= 0.6 is 0 Å². The number of ketones is 1. The molecule has 2 heteroatoms. The first-order valence-electron chi connectivity index (χ1n) is 8.48. The maximum Gasteiger partial charge on any atom is 0.146 e. The Hall–Kier alpha value is -1.15. The summed E-state index contributed by atoms with van der Waals surface area (Å²) in [7, 11) is 0. The van der Waals surface area contributed by atoms with E-state index >= 15 is 0 Å². The Morgan fingerprint density at radius 1 is 1.05 bits per heavy atom. The minimum absolute atomic E-state index is 0.0470. The van der Waals surface area contributed by atoms with Crippen molar-refractivity contribution in [1.29, 1.82) is 0 Å². The molecule has 1 atom stereocenters.